The van der Waals surface area contributed by atoms with E-state index in [2.05, 4.69) is 5.16 Å². The highest BCUT2D eigenvalue weighted by atomic mass is 19.1. The van der Waals surface area contributed by atoms with Crippen LogP contribution in [0, 0.1) is 5.82 Å². The number of halogens is 1. The van der Waals surface area contributed by atoms with Crippen LogP contribution in [0.4, 0.5) is 4.39 Å². The first kappa shape index (κ1) is 13.9. The van der Waals surface area contributed by atoms with Crippen LogP contribution in [-0.2, 0) is 6.61 Å². The number of benzene rings is 2. The van der Waals surface area contributed by atoms with Crippen molar-refractivity contribution in [3.8, 4) is 11.5 Å². The van der Waals surface area contributed by atoms with Gasteiger partial charge in [-0.15, -0.1) is 0 Å². The molecule has 4 nitrogen and oxygen atoms in total. The van der Waals surface area contributed by atoms with Crippen molar-refractivity contribution in [1.82, 2.24) is 0 Å². The molecule has 0 bridgehead atoms. The number of oxime groups is 1. The summed E-state index contributed by atoms with van der Waals surface area (Å²) in [5, 5.41) is 11.4. The van der Waals surface area contributed by atoms with Crippen molar-refractivity contribution < 1.29 is 19.1 Å². The summed E-state index contributed by atoms with van der Waals surface area (Å²) in [5.74, 6) is 0.667. The minimum absolute atomic E-state index is 0.108. The van der Waals surface area contributed by atoms with E-state index in [0.717, 1.165) is 0 Å². The molecule has 0 saturated heterocycles. The van der Waals surface area contributed by atoms with E-state index in [0.29, 0.717) is 22.6 Å². The van der Waals surface area contributed by atoms with Crippen molar-refractivity contribution in [3.63, 3.8) is 0 Å². The molecule has 104 valence electrons. The predicted octanol–water partition coefficient (Wildman–Crippen LogP) is 3.22. The summed E-state index contributed by atoms with van der Waals surface area (Å²) in [5.41, 5.74) is 1.14. The zero-order valence-electron chi connectivity index (χ0n) is 10.9. The van der Waals surface area contributed by atoms with Crippen molar-refractivity contribution in [2.75, 3.05) is 7.11 Å². The van der Waals surface area contributed by atoms with Gasteiger partial charge in [0.15, 0.2) is 11.5 Å². The highest BCUT2D eigenvalue weighted by Gasteiger charge is 2.07. The van der Waals surface area contributed by atoms with Crippen LogP contribution in [0.5, 0.6) is 11.5 Å². The van der Waals surface area contributed by atoms with Crippen molar-refractivity contribution in [2.45, 2.75) is 6.61 Å². The largest absolute Gasteiger partial charge is 0.493 e. The van der Waals surface area contributed by atoms with Gasteiger partial charge in [-0.2, -0.15) is 0 Å². The fraction of sp³-hybridized carbons (Fsp3) is 0.133. The minimum Gasteiger partial charge on any atom is -0.493 e. The molecule has 0 aliphatic heterocycles. The molecule has 0 aliphatic rings. The Kier molecular flexibility index (Phi) is 4.55. The summed E-state index contributed by atoms with van der Waals surface area (Å²) in [6.45, 7) is 0.108. The van der Waals surface area contributed by atoms with Crippen molar-refractivity contribution in [1.29, 1.82) is 0 Å². The van der Waals surface area contributed by atoms with Crippen LogP contribution in [-0.4, -0.2) is 18.5 Å². The Labute approximate surface area is 116 Å². The number of rotatable bonds is 5. The van der Waals surface area contributed by atoms with E-state index < -0.39 is 0 Å². The molecule has 2 aromatic carbocycles. The molecule has 5 heteroatoms. The first-order chi connectivity index (χ1) is 9.74. The van der Waals surface area contributed by atoms with Crippen LogP contribution < -0.4 is 9.47 Å². The maximum absolute atomic E-state index is 13.5. The Bertz CT molecular complexity index is 614. The zero-order valence-corrected chi connectivity index (χ0v) is 10.9. The average molecular weight is 275 g/mol. The second kappa shape index (κ2) is 6.56. The molecule has 0 heterocycles. The third-order valence-corrected chi connectivity index (χ3v) is 2.74. The van der Waals surface area contributed by atoms with Crippen molar-refractivity contribution in [2.24, 2.45) is 5.16 Å². The van der Waals surface area contributed by atoms with Crippen LogP contribution in [0.1, 0.15) is 11.1 Å². The highest BCUT2D eigenvalue weighted by Crippen LogP contribution is 2.28. The van der Waals surface area contributed by atoms with E-state index in [4.69, 9.17) is 14.7 Å². The number of ether oxygens (including phenoxy) is 2. The van der Waals surface area contributed by atoms with Gasteiger partial charge in [-0.05, 0) is 24.3 Å². The monoisotopic (exact) mass is 275 g/mol. The molecule has 0 aliphatic carbocycles. The van der Waals surface area contributed by atoms with Gasteiger partial charge < -0.3 is 14.7 Å². The average Bonchev–Trinajstić information content (AvgIpc) is 2.47. The molecule has 2 aromatic rings. The Morgan fingerprint density at radius 3 is 2.70 bits per heavy atom. The number of hydrogen-bond donors (Lipinski definition) is 1. The zero-order chi connectivity index (χ0) is 14.4. The first-order valence-corrected chi connectivity index (χ1v) is 5.96. The standard InChI is InChI=1S/C15H14FNO3/c1-19-15-8-11(9-17-18)6-7-14(15)20-10-12-4-2-3-5-13(12)16/h2-9,18H,10H2,1H3/b17-9-. The molecule has 0 unspecified atom stereocenters. The lowest BCUT2D eigenvalue weighted by molar-refractivity contribution is 0.279. The normalized spacial score (nSPS) is 10.7. The Hall–Kier alpha value is -2.56. The molecule has 0 amide bonds. The summed E-state index contributed by atoms with van der Waals surface area (Å²) < 4.78 is 24.2. The van der Waals surface area contributed by atoms with Crippen LogP contribution in [0.3, 0.4) is 0 Å². The van der Waals surface area contributed by atoms with Gasteiger partial charge in [-0.1, -0.05) is 23.4 Å². The number of hydrogen-bond acceptors (Lipinski definition) is 4. The summed E-state index contributed by atoms with van der Waals surface area (Å²) in [4.78, 5) is 0. The molecular weight excluding hydrogens is 261 g/mol. The number of nitrogens with zero attached hydrogens (tertiary/aromatic N) is 1. The second-order valence-electron chi connectivity index (χ2n) is 4.03. The van der Waals surface area contributed by atoms with Crippen LogP contribution in [0.25, 0.3) is 0 Å². The van der Waals surface area contributed by atoms with Gasteiger partial charge >= 0.3 is 0 Å². The minimum atomic E-state index is -0.310. The van der Waals surface area contributed by atoms with Gasteiger partial charge in [-0.25, -0.2) is 4.39 Å². The predicted molar refractivity (Wildman–Crippen MR) is 73.1 cm³/mol. The Morgan fingerprint density at radius 2 is 2.00 bits per heavy atom. The van der Waals surface area contributed by atoms with Gasteiger partial charge in [0.2, 0.25) is 0 Å². The molecule has 0 spiro atoms. The third-order valence-electron chi connectivity index (χ3n) is 2.74. The Balaban J connectivity index is 2.15. The van der Waals surface area contributed by atoms with Crippen molar-refractivity contribution in [3.05, 3.63) is 59.4 Å². The fourth-order valence-corrected chi connectivity index (χ4v) is 1.72. The number of methoxy groups -OCH3 is 1. The molecular formula is C15H14FNO3. The van der Waals surface area contributed by atoms with E-state index >= 15 is 0 Å². The molecule has 0 aromatic heterocycles. The molecule has 2 rings (SSSR count). The van der Waals surface area contributed by atoms with Gasteiger partial charge in [0.25, 0.3) is 0 Å². The lowest BCUT2D eigenvalue weighted by Gasteiger charge is -2.11. The van der Waals surface area contributed by atoms with Crippen molar-refractivity contribution >= 4 is 6.21 Å². The smallest absolute Gasteiger partial charge is 0.161 e. The van der Waals surface area contributed by atoms with E-state index in [1.807, 2.05) is 0 Å². The summed E-state index contributed by atoms with van der Waals surface area (Å²) in [6.07, 6.45) is 1.28. The van der Waals surface area contributed by atoms with Gasteiger partial charge in [0, 0.05) is 11.1 Å². The maximum Gasteiger partial charge on any atom is 0.161 e. The van der Waals surface area contributed by atoms with Gasteiger partial charge in [0.05, 0.1) is 13.3 Å². The lowest BCUT2D eigenvalue weighted by atomic mass is 10.2. The summed E-state index contributed by atoms with van der Waals surface area (Å²) in [6, 6.07) is 11.5. The maximum atomic E-state index is 13.5. The van der Waals surface area contributed by atoms with Crippen LogP contribution in [0.15, 0.2) is 47.6 Å². The van der Waals surface area contributed by atoms with Gasteiger partial charge in [-0.3, -0.25) is 0 Å². The van der Waals surface area contributed by atoms with E-state index in [1.54, 1.807) is 36.4 Å². The van der Waals surface area contributed by atoms with E-state index in [1.165, 1.54) is 19.4 Å². The third kappa shape index (κ3) is 3.26. The molecule has 0 atom stereocenters. The Morgan fingerprint density at radius 1 is 1.20 bits per heavy atom. The molecule has 20 heavy (non-hydrogen) atoms. The van der Waals surface area contributed by atoms with E-state index in [9.17, 15) is 4.39 Å². The van der Waals surface area contributed by atoms with Crippen LogP contribution >= 0.6 is 0 Å². The summed E-state index contributed by atoms with van der Waals surface area (Å²) >= 11 is 0. The molecule has 1 N–H and O–H groups in total. The van der Waals surface area contributed by atoms with Crippen LogP contribution in [0.2, 0.25) is 0 Å². The molecule has 0 radical (unpaired) electrons. The highest BCUT2D eigenvalue weighted by molar-refractivity contribution is 5.80. The fourth-order valence-electron chi connectivity index (χ4n) is 1.72. The topological polar surface area (TPSA) is 51.0 Å². The molecule has 0 fully saturated rings. The quantitative estimate of drug-likeness (QED) is 0.518. The van der Waals surface area contributed by atoms with Gasteiger partial charge in [0.1, 0.15) is 12.4 Å². The SMILES string of the molecule is COc1cc(/C=N\O)ccc1OCc1ccccc1F. The summed E-state index contributed by atoms with van der Waals surface area (Å²) in [7, 11) is 1.51. The second-order valence-corrected chi connectivity index (χ2v) is 4.03. The van der Waals surface area contributed by atoms with E-state index in [-0.39, 0.29) is 12.4 Å². The lowest BCUT2D eigenvalue weighted by Crippen LogP contribution is -2.00. The first-order valence-electron chi connectivity index (χ1n) is 5.96. The molecule has 0 saturated carbocycles.